The number of nitrogens with zero attached hydrogens (tertiary/aromatic N) is 2. The topological polar surface area (TPSA) is 36.7 Å². The lowest BCUT2D eigenvalue weighted by molar-refractivity contribution is 0.502. The summed E-state index contributed by atoms with van der Waals surface area (Å²) < 4.78 is 0. The van der Waals surface area contributed by atoms with E-state index in [-0.39, 0.29) is 0 Å². The quantitative estimate of drug-likeness (QED) is 0.658. The smallest absolute Gasteiger partial charge is 0.134 e. The van der Waals surface area contributed by atoms with Crippen LogP contribution in [0.15, 0.2) is 18.2 Å². The fourth-order valence-corrected chi connectivity index (χ4v) is 4.27. The van der Waals surface area contributed by atoms with E-state index in [1.54, 1.807) is 29.5 Å². The molecule has 2 nitrogen and oxygen atoms in total. The molecule has 2 aromatic rings. The van der Waals surface area contributed by atoms with Crippen LogP contribution in [-0.4, -0.2) is 4.98 Å². The van der Waals surface area contributed by atoms with E-state index in [0.717, 1.165) is 29.1 Å². The standard InChI is InChI=1S/C17H14Cl2N2S/c1-10-2-5-15-16(6-10)22-17(21-15)12(9-20)7-11-3-4-13(18)8-14(11)19/h3-4,7-8,10H,2,5-6H2,1H3/b12-7+. The molecule has 0 amide bonds. The monoisotopic (exact) mass is 348 g/mol. The largest absolute Gasteiger partial charge is 0.240 e. The van der Waals surface area contributed by atoms with Gasteiger partial charge in [-0.05, 0) is 49.0 Å². The van der Waals surface area contributed by atoms with Crippen LogP contribution in [0.3, 0.4) is 0 Å². The van der Waals surface area contributed by atoms with Crippen molar-refractivity contribution in [2.45, 2.75) is 26.2 Å². The predicted molar refractivity (Wildman–Crippen MR) is 93.2 cm³/mol. The Labute approximate surface area is 144 Å². The van der Waals surface area contributed by atoms with E-state index in [2.05, 4.69) is 18.0 Å². The van der Waals surface area contributed by atoms with E-state index < -0.39 is 0 Å². The Morgan fingerprint density at radius 2 is 2.27 bits per heavy atom. The molecule has 1 unspecified atom stereocenters. The van der Waals surface area contributed by atoms with Gasteiger partial charge in [-0.25, -0.2) is 4.98 Å². The number of allylic oxidation sites excluding steroid dienone is 1. The lowest BCUT2D eigenvalue weighted by atomic mass is 9.93. The summed E-state index contributed by atoms with van der Waals surface area (Å²) in [4.78, 5) is 5.98. The summed E-state index contributed by atoms with van der Waals surface area (Å²) in [6.45, 7) is 2.26. The van der Waals surface area contributed by atoms with Gasteiger partial charge in [0.1, 0.15) is 11.1 Å². The zero-order chi connectivity index (χ0) is 15.7. The van der Waals surface area contributed by atoms with Crippen molar-refractivity contribution in [2.75, 3.05) is 0 Å². The van der Waals surface area contributed by atoms with Crippen molar-refractivity contribution < 1.29 is 0 Å². The third-order valence-corrected chi connectivity index (χ3v) is 5.51. The average Bonchev–Trinajstić information content (AvgIpc) is 2.89. The van der Waals surface area contributed by atoms with Crippen molar-refractivity contribution in [3.8, 4) is 6.07 Å². The summed E-state index contributed by atoms with van der Waals surface area (Å²) >= 11 is 13.7. The zero-order valence-electron chi connectivity index (χ0n) is 12.1. The first-order chi connectivity index (χ1) is 10.6. The summed E-state index contributed by atoms with van der Waals surface area (Å²) in [6.07, 6.45) is 5.03. The first kappa shape index (κ1) is 15.6. The first-order valence-electron chi connectivity index (χ1n) is 7.12. The summed E-state index contributed by atoms with van der Waals surface area (Å²) in [5.74, 6) is 0.695. The normalized spacial score (nSPS) is 17.9. The van der Waals surface area contributed by atoms with Gasteiger partial charge in [0.25, 0.3) is 0 Å². The Balaban J connectivity index is 1.98. The van der Waals surface area contributed by atoms with Crippen molar-refractivity contribution in [3.63, 3.8) is 0 Å². The molecule has 0 radical (unpaired) electrons. The molecule has 0 saturated heterocycles. The number of benzene rings is 1. The number of hydrogen-bond acceptors (Lipinski definition) is 3. The Bertz CT molecular complexity index is 786. The highest BCUT2D eigenvalue weighted by molar-refractivity contribution is 7.13. The van der Waals surface area contributed by atoms with Crippen molar-refractivity contribution in [1.82, 2.24) is 4.98 Å². The van der Waals surface area contributed by atoms with Crippen molar-refractivity contribution >= 4 is 46.2 Å². The Hall–Kier alpha value is -1.34. The van der Waals surface area contributed by atoms with Gasteiger partial charge < -0.3 is 0 Å². The van der Waals surface area contributed by atoms with Crippen molar-refractivity contribution in [2.24, 2.45) is 5.92 Å². The molecule has 1 aromatic heterocycles. The van der Waals surface area contributed by atoms with E-state index in [4.69, 9.17) is 23.2 Å². The van der Waals surface area contributed by atoms with Crippen LogP contribution in [0.2, 0.25) is 10.0 Å². The number of hydrogen-bond donors (Lipinski definition) is 0. The van der Waals surface area contributed by atoms with Gasteiger partial charge in [0.05, 0.1) is 11.3 Å². The van der Waals surface area contributed by atoms with Gasteiger partial charge in [0.15, 0.2) is 0 Å². The van der Waals surface area contributed by atoms with Crippen LogP contribution in [0, 0.1) is 17.2 Å². The van der Waals surface area contributed by atoms with Gasteiger partial charge in [-0.3, -0.25) is 0 Å². The van der Waals surface area contributed by atoms with E-state index in [1.165, 1.54) is 11.3 Å². The third kappa shape index (κ3) is 3.20. The molecule has 1 heterocycles. The minimum Gasteiger partial charge on any atom is -0.240 e. The van der Waals surface area contributed by atoms with E-state index in [9.17, 15) is 5.26 Å². The summed E-state index contributed by atoms with van der Waals surface area (Å²) in [5, 5.41) is 11.4. The second-order valence-electron chi connectivity index (χ2n) is 5.57. The fraction of sp³-hybridized carbons (Fsp3) is 0.294. The van der Waals surface area contributed by atoms with Crippen LogP contribution < -0.4 is 0 Å². The number of fused-ring (bicyclic) bond motifs is 1. The highest BCUT2D eigenvalue weighted by atomic mass is 35.5. The highest BCUT2D eigenvalue weighted by Crippen LogP contribution is 2.33. The lowest BCUT2D eigenvalue weighted by Crippen LogP contribution is -2.09. The van der Waals surface area contributed by atoms with Gasteiger partial charge in [-0.15, -0.1) is 11.3 Å². The van der Waals surface area contributed by atoms with Crippen LogP contribution in [-0.2, 0) is 12.8 Å². The molecule has 3 rings (SSSR count). The van der Waals surface area contributed by atoms with Gasteiger partial charge in [-0.2, -0.15) is 5.26 Å². The van der Waals surface area contributed by atoms with Gasteiger partial charge in [-0.1, -0.05) is 36.2 Å². The minimum absolute atomic E-state index is 0.537. The lowest BCUT2D eigenvalue weighted by Gasteiger charge is -2.15. The number of halogens is 2. The third-order valence-electron chi connectivity index (χ3n) is 3.80. The van der Waals surface area contributed by atoms with Crippen LogP contribution in [0.25, 0.3) is 11.6 Å². The summed E-state index contributed by atoms with van der Waals surface area (Å²) in [7, 11) is 0. The van der Waals surface area contributed by atoms with Crippen LogP contribution in [0.1, 0.15) is 34.5 Å². The van der Waals surface area contributed by atoms with E-state index in [0.29, 0.717) is 21.5 Å². The predicted octanol–water partition coefficient (Wildman–Crippen LogP) is 5.64. The van der Waals surface area contributed by atoms with Gasteiger partial charge >= 0.3 is 0 Å². The van der Waals surface area contributed by atoms with Crippen LogP contribution in [0.4, 0.5) is 0 Å². The molecule has 0 bridgehead atoms. The molecule has 22 heavy (non-hydrogen) atoms. The maximum absolute atomic E-state index is 9.48. The highest BCUT2D eigenvalue weighted by Gasteiger charge is 2.21. The molecule has 0 fully saturated rings. The maximum atomic E-state index is 9.48. The van der Waals surface area contributed by atoms with Crippen molar-refractivity contribution in [1.29, 1.82) is 5.26 Å². The Morgan fingerprint density at radius 1 is 1.45 bits per heavy atom. The number of aromatic nitrogens is 1. The minimum atomic E-state index is 0.537. The van der Waals surface area contributed by atoms with E-state index in [1.807, 2.05) is 6.07 Å². The number of nitriles is 1. The Morgan fingerprint density at radius 3 is 3.00 bits per heavy atom. The Kier molecular flexibility index (Phi) is 4.54. The molecule has 1 aliphatic carbocycles. The SMILES string of the molecule is CC1CCc2nc(/C(C#N)=C/c3ccc(Cl)cc3Cl)sc2C1. The molecule has 1 aromatic carbocycles. The molecule has 1 atom stereocenters. The maximum Gasteiger partial charge on any atom is 0.134 e. The molecule has 0 aliphatic heterocycles. The molecular weight excluding hydrogens is 335 g/mol. The van der Waals surface area contributed by atoms with E-state index >= 15 is 0 Å². The second-order valence-corrected chi connectivity index (χ2v) is 7.50. The molecule has 0 spiro atoms. The second kappa shape index (κ2) is 6.42. The summed E-state index contributed by atoms with van der Waals surface area (Å²) in [6, 6.07) is 7.51. The van der Waals surface area contributed by atoms with Gasteiger partial charge in [0, 0.05) is 14.9 Å². The average molecular weight is 349 g/mol. The van der Waals surface area contributed by atoms with Crippen LogP contribution >= 0.6 is 34.5 Å². The zero-order valence-corrected chi connectivity index (χ0v) is 14.4. The number of rotatable bonds is 2. The molecular formula is C17H14Cl2N2S. The molecule has 0 N–H and O–H groups in total. The molecule has 0 saturated carbocycles. The summed E-state index contributed by atoms with van der Waals surface area (Å²) in [5.41, 5.74) is 2.49. The van der Waals surface area contributed by atoms with Gasteiger partial charge in [0.2, 0.25) is 0 Å². The fourth-order valence-electron chi connectivity index (χ4n) is 2.57. The molecule has 112 valence electrons. The van der Waals surface area contributed by atoms with Crippen LogP contribution in [0.5, 0.6) is 0 Å². The number of aryl methyl sites for hydroxylation is 1. The first-order valence-corrected chi connectivity index (χ1v) is 8.70. The molecule has 5 heteroatoms. The molecule has 1 aliphatic rings. The van der Waals surface area contributed by atoms with Crippen molar-refractivity contribution in [3.05, 3.63) is 49.4 Å². The number of thiazole rings is 1.